The van der Waals surface area contributed by atoms with Crippen molar-refractivity contribution in [1.82, 2.24) is 9.88 Å². The molecule has 1 saturated heterocycles. The Morgan fingerprint density at radius 1 is 1.33 bits per heavy atom. The number of amides is 3. The van der Waals surface area contributed by atoms with Crippen molar-refractivity contribution in [3.8, 4) is 0 Å². The van der Waals surface area contributed by atoms with Crippen LogP contribution in [0.25, 0.3) is 10.8 Å². The highest BCUT2D eigenvalue weighted by Crippen LogP contribution is 2.30. The highest BCUT2D eigenvalue weighted by molar-refractivity contribution is 5.97. The van der Waals surface area contributed by atoms with Crippen molar-refractivity contribution in [1.29, 1.82) is 0 Å². The Morgan fingerprint density at radius 2 is 2.14 bits per heavy atom. The van der Waals surface area contributed by atoms with Crippen molar-refractivity contribution in [3.05, 3.63) is 42.2 Å². The van der Waals surface area contributed by atoms with Crippen LogP contribution in [0.15, 0.2) is 36.7 Å². The van der Waals surface area contributed by atoms with Gasteiger partial charge in [0.25, 0.3) is 0 Å². The van der Waals surface area contributed by atoms with Crippen molar-refractivity contribution < 1.29 is 9.59 Å². The molecule has 0 spiro atoms. The van der Waals surface area contributed by atoms with Crippen LogP contribution in [-0.4, -0.2) is 28.4 Å². The Balaban J connectivity index is 1.88. The molecule has 6 heteroatoms. The molecule has 3 amide bonds. The second-order valence-corrected chi connectivity index (χ2v) is 5.23. The molecule has 0 radical (unpaired) electrons. The summed E-state index contributed by atoms with van der Waals surface area (Å²) in [6.07, 6.45) is 4.03. The fraction of sp³-hybridized carbons (Fsp3) is 0.267. The van der Waals surface area contributed by atoms with E-state index in [4.69, 9.17) is 11.5 Å². The number of likely N-dealkylation sites (tertiary alicyclic amines) is 1. The molecule has 2 aromatic rings. The van der Waals surface area contributed by atoms with Crippen LogP contribution in [0.1, 0.15) is 18.0 Å². The van der Waals surface area contributed by atoms with E-state index in [-0.39, 0.29) is 5.91 Å². The molecule has 0 saturated carbocycles. The molecule has 1 aliphatic rings. The largest absolute Gasteiger partial charge is 0.351 e. The normalized spacial score (nSPS) is 20.0. The Kier molecular flexibility index (Phi) is 3.31. The van der Waals surface area contributed by atoms with Gasteiger partial charge in [-0.1, -0.05) is 12.1 Å². The van der Waals surface area contributed by atoms with Gasteiger partial charge < -0.3 is 11.5 Å². The summed E-state index contributed by atoms with van der Waals surface area (Å²) < 4.78 is 0. The molecule has 2 unspecified atom stereocenters. The van der Waals surface area contributed by atoms with E-state index < -0.39 is 18.0 Å². The molecule has 6 nitrogen and oxygen atoms in total. The highest BCUT2D eigenvalue weighted by atomic mass is 16.2. The molecule has 4 N–H and O–H groups in total. The minimum atomic E-state index is -0.711. The van der Waals surface area contributed by atoms with Gasteiger partial charge in [-0.2, -0.15) is 0 Å². The summed E-state index contributed by atoms with van der Waals surface area (Å²) in [5, 5.41) is 2.04. The van der Waals surface area contributed by atoms with Crippen LogP contribution >= 0.6 is 0 Å². The summed E-state index contributed by atoms with van der Waals surface area (Å²) >= 11 is 0. The smallest absolute Gasteiger partial charge is 0.321 e. The second-order valence-electron chi connectivity index (χ2n) is 5.23. The first-order valence-corrected chi connectivity index (χ1v) is 6.78. The summed E-state index contributed by atoms with van der Waals surface area (Å²) in [6, 6.07) is 6.56. The summed E-state index contributed by atoms with van der Waals surface area (Å²) in [5.41, 5.74) is 12.3. The first-order valence-electron chi connectivity index (χ1n) is 6.78. The zero-order chi connectivity index (χ0) is 15.0. The minimum absolute atomic E-state index is 0.290. The number of rotatable bonds is 2. The third-order valence-electron chi connectivity index (χ3n) is 4.00. The average molecular weight is 284 g/mol. The number of nitrogens with zero attached hydrogens (tertiary/aromatic N) is 2. The van der Waals surface area contributed by atoms with Crippen molar-refractivity contribution in [2.45, 2.75) is 12.5 Å². The van der Waals surface area contributed by atoms with E-state index in [1.54, 1.807) is 12.4 Å². The fourth-order valence-corrected chi connectivity index (χ4v) is 2.80. The minimum Gasteiger partial charge on any atom is -0.351 e. The van der Waals surface area contributed by atoms with Crippen LogP contribution in [0, 0.1) is 5.92 Å². The molecular formula is C15H16N4O2. The number of aromatic nitrogens is 1. The lowest BCUT2D eigenvalue weighted by molar-refractivity contribution is -0.128. The number of carbonyl (C=O) groups is 2. The number of fused-ring (bicyclic) bond motifs is 1. The SMILES string of the molecule is NC(=O)N1CCC(C(N)c2ccc3ccncc3c2)C1=O. The van der Waals surface area contributed by atoms with E-state index in [0.717, 1.165) is 21.2 Å². The van der Waals surface area contributed by atoms with Gasteiger partial charge in [-0.3, -0.25) is 14.7 Å². The van der Waals surface area contributed by atoms with Crippen molar-refractivity contribution in [2.24, 2.45) is 17.4 Å². The number of benzene rings is 1. The van der Waals surface area contributed by atoms with Crippen LogP contribution in [0.3, 0.4) is 0 Å². The number of hydrogen-bond acceptors (Lipinski definition) is 4. The summed E-state index contributed by atoms with van der Waals surface area (Å²) in [7, 11) is 0. The van der Waals surface area contributed by atoms with E-state index in [1.807, 2.05) is 24.3 Å². The molecule has 108 valence electrons. The molecule has 0 bridgehead atoms. The molecule has 2 atom stereocenters. The lowest BCUT2D eigenvalue weighted by Crippen LogP contribution is -2.39. The van der Waals surface area contributed by atoms with Gasteiger partial charge >= 0.3 is 6.03 Å². The average Bonchev–Trinajstić information content (AvgIpc) is 2.88. The monoisotopic (exact) mass is 284 g/mol. The predicted molar refractivity (Wildman–Crippen MR) is 78.1 cm³/mol. The maximum absolute atomic E-state index is 12.2. The number of urea groups is 1. The maximum atomic E-state index is 12.2. The number of primary amides is 1. The first-order chi connectivity index (χ1) is 10.1. The van der Waals surface area contributed by atoms with E-state index in [0.29, 0.717) is 13.0 Å². The fourth-order valence-electron chi connectivity index (χ4n) is 2.80. The topological polar surface area (TPSA) is 102 Å². The van der Waals surface area contributed by atoms with Gasteiger partial charge in [-0.05, 0) is 29.5 Å². The van der Waals surface area contributed by atoms with E-state index >= 15 is 0 Å². The number of imide groups is 1. The van der Waals surface area contributed by atoms with Gasteiger partial charge in [-0.15, -0.1) is 0 Å². The van der Waals surface area contributed by atoms with Crippen LogP contribution in [-0.2, 0) is 4.79 Å². The van der Waals surface area contributed by atoms with Crippen molar-refractivity contribution in [2.75, 3.05) is 6.54 Å². The molecule has 3 rings (SSSR count). The molecular weight excluding hydrogens is 268 g/mol. The number of carbonyl (C=O) groups excluding carboxylic acids is 2. The number of pyridine rings is 1. The Morgan fingerprint density at radius 3 is 2.86 bits per heavy atom. The lowest BCUT2D eigenvalue weighted by Gasteiger charge is -2.19. The quantitative estimate of drug-likeness (QED) is 0.863. The van der Waals surface area contributed by atoms with Gasteiger partial charge in [0.2, 0.25) is 5.91 Å². The Bertz CT molecular complexity index is 716. The van der Waals surface area contributed by atoms with E-state index in [1.165, 1.54) is 0 Å². The molecule has 1 aromatic carbocycles. The highest BCUT2D eigenvalue weighted by Gasteiger charge is 2.38. The van der Waals surface area contributed by atoms with Gasteiger partial charge in [-0.25, -0.2) is 4.79 Å². The van der Waals surface area contributed by atoms with Gasteiger partial charge in [0.15, 0.2) is 0 Å². The van der Waals surface area contributed by atoms with Crippen molar-refractivity contribution >= 4 is 22.7 Å². The molecule has 0 aliphatic carbocycles. The maximum Gasteiger partial charge on any atom is 0.321 e. The molecule has 1 aliphatic heterocycles. The van der Waals surface area contributed by atoms with E-state index in [2.05, 4.69) is 4.98 Å². The predicted octanol–water partition coefficient (Wildman–Crippen LogP) is 1.16. The summed E-state index contributed by atoms with van der Waals surface area (Å²) in [4.78, 5) is 28.5. The number of hydrogen-bond donors (Lipinski definition) is 2. The Labute approximate surface area is 121 Å². The standard InChI is InChI=1S/C15H16N4O2/c16-13(12-4-6-19(14(12)20)15(17)21)10-2-1-9-3-5-18-8-11(9)7-10/h1-3,5,7-8,12-13H,4,6,16H2,(H2,17,21). The molecule has 1 aromatic heterocycles. The van der Waals surface area contributed by atoms with Crippen LogP contribution in [0.2, 0.25) is 0 Å². The second kappa shape index (κ2) is 5.14. The van der Waals surface area contributed by atoms with Gasteiger partial charge in [0, 0.05) is 30.4 Å². The van der Waals surface area contributed by atoms with Crippen molar-refractivity contribution in [3.63, 3.8) is 0 Å². The first kappa shape index (κ1) is 13.5. The number of nitrogens with two attached hydrogens (primary N) is 2. The van der Waals surface area contributed by atoms with Gasteiger partial charge in [0.1, 0.15) is 0 Å². The zero-order valence-corrected chi connectivity index (χ0v) is 11.4. The third kappa shape index (κ3) is 2.34. The van der Waals surface area contributed by atoms with E-state index in [9.17, 15) is 9.59 Å². The zero-order valence-electron chi connectivity index (χ0n) is 11.4. The lowest BCUT2D eigenvalue weighted by atomic mass is 9.91. The third-order valence-corrected chi connectivity index (χ3v) is 4.00. The van der Waals surface area contributed by atoms with Crippen LogP contribution in [0.5, 0.6) is 0 Å². The van der Waals surface area contributed by atoms with Crippen LogP contribution in [0.4, 0.5) is 4.79 Å². The summed E-state index contributed by atoms with van der Waals surface area (Å²) in [6.45, 7) is 0.335. The molecule has 1 fully saturated rings. The summed E-state index contributed by atoms with van der Waals surface area (Å²) in [5.74, 6) is -0.701. The Hall–Kier alpha value is -2.47. The molecule has 21 heavy (non-hydrogen) atoms. The van der Waals surface area contributed by atoms with Gasteiger partial charge in [0.05, 0.1) is 5.92 Å². The molecule has 2 heterocycles. The van der Waals surface area contributed by atoms with Crippen LogP contribution < -0.4 is 11.5 Å².